The average molecular weight is 528 g/mol. The SMILES string of the molecule is CCOC(=O)Cn1c(=NC(=O)[C@@H]2CCCN2S(=O)(=O)c2ccc(Cl)s2)sc2cc(C)ccc21. The molecule has 12 heteroatoms. The minimum Gasteiger partial charge on any atom is -0.465 e. The van der Waals surface area contributed by atoms with Gasteiger partial charge in [0.2, 0.25) is 0 Å². The third-order valence-electron chi connectivity index (χ3n) is 5.24. The number of aryl methyl sites for hydroxylation is 1. The van der Waals surface area contributed by atoms with Gasteiger partial charge in [-0.3, -0.25) is 9.59 Å². The van der Waals surface area contributed by atoms with Crippen molar-refractivity contribution in [1.29, 1.82) is 0 Å². The normalized spacial score (nSPS) is 17.7. The standard InChI is InChI=1S/C21H22ClN3O5S3/c1-3-30-18(26)12-24-14-7-6-13(2)11-16(14)31-21(24)23-20(27)15-5-4-10-25(15)33(28,29)19-9-8-17(22)32-19/h6-9,11,15H,3-5,10,12H2,1-2H3/t15-/m0/s1. The minimum atomic E-state index is -3.86. The Bertz CT molecular complexity index is 1390. The highest BCUT2D eigenvalue weighted by atomic mass is 35.5. The Labute approximate surface area is 204 Å². The van der Waals surface area contributed by atoms with Crippen LogP contribution in [0, 0.1) is 6.92 Å². The van der Waals surface area contributed by atoms with E-state index in [1.807, 2.05) is 25.1 Å². The first-order chi connectivity index (χ1) is 15.7. The summed E-state index contributed by atoms with van der Waals surface area (Å²) in [5, 5.41) is 0. The average Bonchev–Trinajstić information content (AvgIpc) is 3.48. The lowest BCUT2D eigenvalue weighted by atomic mass is 10.2. The third kappa shape index (κ3) is 4.92. The molecule has 1 aliphatic rings. The molecule has 2 aromatic heterocycles. The number of thiophene rings is 1. The number of ether oxygens (including phenoxy) is 1. The third-order valence-corrected chi connectivity index (χ3v) is 9.88. The van der Waals surface area contributed by atoms with E-state index in [0.29, 0.717) is 22.0 Å². The Kier molecular flexibility index (Phi) is 7.06. The van der Waals surface area contributed by atoms with Gasteiger partial charge in [0.15, 0.2) is 4.80 Å². The van der Waals surface area contributed by atoms with Gasteiger partial charge in [0.25, 0.3) is 15.9 Å². The summed E-state index contributed by atoms with van der Waals surface area (Å²) >= 11 is 8.16. The number of carbonyl (C=O) groups excluding carboxylic acids is 2. The first-order valence-electron chi connectivity index (χ1n) is 10.3. The molecule has 0 saturated carbocycles. The molecule has 1 atom stereocenters. The Morgan fingerprint density at radius 1 is 1.24 bits per heavy atom. The molecule has 3 heterocycles. The summed E-state index contributed by atoms with van der Waals surface area (Å²) in [6, 6.07) is 7.81. The van der Waals surface area contributed by atoms with Crippen molar-refractivity contribution in [1.82, 2.24) is 8.87 Å². The number of benzene rings is 1. The van der Waals surface area contributed by atoms with Crippen LogP contribution in [0.15, 0.2) is 39.5 Å². The molecular weight excluding hydrogens is 506 g/mol. The number of aromatic nitrogens is 1. The van der Waals surface area contributed by atoms with Crippen molar-refractivity contribution in [3.63, 3.8) is 0 Å². The largest absolute Gasteiger partial charge is 0.465 e. The van der Waals surface area contributed by atoms with E-state index in [-0.39, 0.29) is 23.9 Å². The zero-order chi connectivity index (χ0) is 23.8. The Hall–Kier alpha value is -2.05. The van der Waals surface area contributed by atoms with Crippen molar-refractivity contribution in [3.05, 3.63) is 45.0 Å². The molecule has 0 spiro atoms. The number of fused-ring (bicyclic) bond motifs is 1. The number of hydrogen-bond acceptors (Lipinski definition) is 7. The molecule has 0 bridgehead atoms. The topological polar surface area (TPSA) is 98.0 Å². The van der Waals surface area contributed by atoms with Gasteiger partial charge in [-0.25, -0.2) is 8.42 Å². The number of thiazole rings is 1. The van der Waals surface area contributed by atoms with Crippen LogP contribution in [0.1, 0.15) is 25.3 Å². The van der Waals surface area contributed by atoms with Gasteiger partial charge < -0.3 is 9.30 Å². The predicted octanol–water partition coefficient (Wildman–Crippen LogP) is 3.57. The number of rotatable bonds is 6. The molecule has 33 heavy (non-hydrogen) atoms. The van der Waals surface area contributed by atoms with Crippen molar-refractivity contribution < 1.29 is 22.7 Å². The van der Waals surface area contributed by atoms with E-state index >= 15 is 0 Å². The maximum absolute atomic E-state index is 13.2. The summed E-state index contributed by atoms with van der Waals surface area (Å²) in [6.07, 6.45) is 0.932. The smallest absolute Gasteiger partial charge is 0.326 e. The molecule has 0 aliphatic carbocycles. The van der Waals surface area contributed by atoms with E-state index in [0.717, 1.165) is 27.1 Å². The minimum absolute atomic E-state index is 0.0939. The molecular formula is C21H22ClN3O5S3. The van der Waals surface area contributed by atoms with Crippen LogP contribution in [0.4, 0.5) is 0 Å². The number of carbonyl (C=O) groups is 2. The zero-order valence-corrected chi connectivity index (χ0v) is 21.2. The summed E-state index contributed by atoms with van der Waals surface area (Å²) in [7, 11) is -3.86. The Morgan fingerprint density at radius 2 is 2.03 bits per heavy atom. The van der Waals surface area contributed by atoms with Crippen LogP contribution in [0.5, 0.6) is 0 Å². The molecule has 0 unspecified atom stereocenters. The summed E-state index contributed by atoms with van der Waals surface area (Å²) in [5.41, 5.74) is 1.79. The lowest BCUT2D eigenvalue weighted by Gasteiger charge is -2.20. The van der Waals surface area contributed by atoms with Crippen molar-refractivity contribution >= 4 is 66.4 Å². The van der Waals surface area contributed by atoms with Crippen LogP contribution in [-0.4, -0.2) is 48.4 Å². The molecule has 8 nitrogen and oxygen atoms in total. The number of amides is 1. The van der Waals surface area contributed by atoms with Crippen molar-refractivity contribution in [3.8, 4) is 0 Å². The summed E-state index contributed by atoms with van der Waals surface area (Å²) in [5.74, 6) is -0.995. The van der Waals surface area contributed by atoms with E-state index in [1.54, 1.807) is 11.5 Å². The van der Waals surface area contributed by atoms with Gasteiger partial charge in [-0.05, 0) is 56.5 Å². The molecule has 1 aliphatic heterocycles. The van der Waals surface area contributed by atoms with Gasteiger partial charge in [0.1, 0.15) is 16.8 Å². The molecule has 176 valence electrons. The fourth-order valence-electron chi connectivity index (χ4n) is 3.75. The van der Waals surface area contributed by atoms with Gasteiger partial charge in [0.05, 0.1) is 21.2 Å². The number of esters is 1. The molecule has 1 fully saturated rings. The molecule has 3 aromatic rings. The number of halogens is 1. The van der Waals surface area contributed by atoms with Crippen LogP contribution in [0.2, 0.25) is 4.34 Å². The number of nitrogens with zero attached hydrogens (tertiary/aromatic N) is 3. The van der Waals surface area contributed by atoms with Gasteiger partial charge in [0, 0.05) is 6.54 Å². The second kappa shape index (κ2) is 9.67. The molecule has 4 rings (SSSR count). The maximum atomic E-state index is 13.2. The van der Waals surface area contributed by atoms with Gasteiger partial charge >= 0.3 is 5.97 Å². The van der Waals surface area contributed by atoms with Crippen LogP contribution in [-0.2, 0) is 30.9 Å². The highest BCUT2D eigenvalue weighted by Gasteiger charge is 2.40. The molecule has 1 aromatic carbocycles. The van der Waals surface area contributed by atoms with Gasteiger partial charge in [-0.2, -0.15) is 9.30 Å². The van der Waals surface area contributed by atoms with Gasteiger partial charge in [-0.1, -0.05) is 29.0 Å². The molecule has 1 amide bonds. The summed E-state index contributed by atoms with van der Waals surface area (Å²) < 4.78 is 35.5. The number of sulfonamides is 1. The van der Waals surface area contributed by atoms with E-state index in [2.05, 4.69) is 4.99 Å². The van der Waals surface area contributed by atoms with Crippen LogP contribution >= 0.6 is 34.3 Å². The van der Waals surface area contributed by atoms with Crippen LogP contribution in [0.25, 0.3) is 10.2 Å². The molecule has 0 radical (unpaired) electrons. The maximum Gasteiger partial charge on any atom is 0.326 e. The highest BCUT2D eigenvalue weighted by molar-refractivity contribution is 7.91. The summed E-state index contributed by atoms with van der Waals surface area (Å²) in [4.78, 5) is 30.0. The van der Waals surface area contributed by atoms with Crippen molar-refractivity contribution in [2.24, 2.45) is 4.99 Å². The van der Waals surface area contributed by atoms with Crippen molar-refractivity contribution in [2.75, 3.05) is 13.2 Å². The predicted molar refractivity (Wildman–Crippen MR) is 128 cm³/mol. The van der Waals surface area contributed by atoms with Crippen LogP contribution < -0.4 is 4.80 Å². The van der Waals surface area contributed by atoms with E-state index in [1.165, 1.54) is 27.8 Å². The van der Waals surface area contributed by atoms with E-state index < -0.39 is 27.9 Å². The Balaban J connectivity index is 1.72. The Morgan fingerprint density at radius 3 is 2.73 bits per heavy atom. The monoisotopic (exact) mass is 527 g/mol. The van der Waals surface area contributed by atoms with Crippen LogP contribution in [0.3, 0.4) is 0 Å². The first kappa shape index (κ1) is 24.1. The highest BCUT2D eigenvalue weighted by Crippen LogP contribution is 2.32. The lowest BCUT2D eigenvalue weighted by molar-refractivity contribution is -0.143. The quantitative estimate of drug-likeness (QED) is 0.456. The second-order valence-corrected chi connectivity index (χ2v) is 12.4. The zero-order valence-electron chi connectivity index (χ0n) is 18.0. The lowest BCUT2D eigenvalue weighted by Crippen LogP contribution is -2.40. The fourth-order valence-corrected chi connectivity index (χ4v) is 8.15. The van der Waals surface area contributed by atoms with E-state index in [9.17, 15) is 18.0 Å². The second-order valence-electron chi connectivity index (χ2n) is 7.53. The fraction of sp³-hybridized carbons (Fsp3) is 0.381. The number of hydrogen-bond donors (Lipinski definition) is 0. The van der Waals surface area contributed by atoms with Gasteiger partial charge in [-0.15, -0.1) is 11.3 Å². The van der Waals surface area contributed by atoms with E-state index in [4.69, 9.17) is 16.3 Å². The molecule has 0 N–H and O–H groups in total. The van der Waals surface area contributed by atoms with Crippen molar-refractivity contribution in [2.45, 2.75) is 43.5 Å². The first-order valence-corrected chi connectivity index (χ1v) is 13.8. The molecule has 1 saturated heterocycles. The summed E-state index contributed by atoms with van der Waals surface area (Å²) in [6.45, 7) is 4.06.